The van der Waals surface area contributed by atoms with Gasteiger partial charge in [0.15, 0.2) is 11.5 Å². The first-order valence-electron chi connectivity index (χ1n) is 14.9. The molecule has 0 saturated carbocycles. The zero-order chi connectivity index (χ0) is 32.3. The molecular weight excluding hydrogens is 640 g/mol. The molecule has 0 saturated heterocycles. The number of alkyl halides is 1. The van der Waals surface area contributed by atoms with Crippen LogP contribution in [0.4, 0.5) is 5.69 Å². The number of halogens is 1. The molecule has 0 radical (unpaired) electrons. The Morgan fingerprint density at radius 3 is 2.27 bits per heavy atom. The van der Waals surface area contributed by atoms with Crippen LogP contribution >= 0.6 is 15.9 Å². The Kier molecular flexibility index (Phi) is 8.54. The third kappa shape index (κ3) is 5.26. The summed E-state index contributed by atoms with van der Waals surface area (Å²) in [6.07, 6.45) is 0. The Bertz CT molecular complexity index is 1740. The second-order valence-corrected chi connectivity index (χ2v) is 18.8. The van der Waals surface area contributed by atoms with Gasteiger partial charge in [-0.05, 0) is 62.4 Å². The number of nitrogens with zero attached hydrogens (tertiary/aromatic N) is 2. The van der Waals surface area contributed by atoms with Gasteiger partial charge in [0.1, 0.15) is 11.4 Å². The summed E-state index contributed by atoms with van der Waals surface area (Å²) in [6.45, 7) is 14.7. The predicted octanol–water partition coefficient (Wildman–Crippen LogP) is 7.57. The van der Waals surface area contributed by atoms with E-state index < -0.39 is 8.32 Å². The summed E-state index contributed by atoms with van der Waals surface area (Å²) in [7, 11) is 6.69. The normalized spacial score (nSPS) is 15.4. The average Bonchev–Trinajstić information content (AvgIpc) is 3.64. The van der Waals surface area contributed by atoms with Crippen molar-refractivity contribution in [2.45, 2.75) is 58.3 Å². The van der Waals surface area contributed by atoms with Gasteiger partial charge in [-0.15, -0.1) is 0 Å². The first-order chi connectivity index (χ1) is 20.7. The van der Waals surface area contributed by atoms with Crippen molar-refractivity contribution in [2.75, 3.05) is 52.2 Å². The van der Waals surface area contributed by atoms with Gasteiger partial charge < -0.3 is 38.4 Å². The molecule has 0 spiro atoms. The average molecular weight is 686 g/mol. The third-order valence-electron chi connectivity index (χ3n) is 9.21. The molecule has 5 rings (SSSR count). The number of benzene rings is 2. The fraction of sp³-hybridized carbons (Fsp3) is 0.485. The quantitative estimate of drug-likeness (QED) is 0.140. The molecule has 2 aromatic heterocycles. The number of aryl methyl sites for hydroxylation is 1. The zero-order valence-electron chi connectivity index (χ0n) is 27.7. The molecule has 11 heteroatoms. The number of carbonyl (C=O) groups is 1. The van der Waals surface area contributed by atoms with Gasteiger partial charge in [0.05, 0.1) is 38.1 Å². The van der Waals surface area contributed by atoms with Crippen LogP contribution in [0.2, 0.25) is 18.1 Å². The van der Waals surface area contributed by atoms with Crippen LogP contribution in [0.5, 0.6) is 23.0 Å². The van der Waals surface area contributed by atoms with Crippen molar-refractivity contribution in [3.05, 3.63) is 40.7 Å². The molecule has 1 aliphatic heterocycles. The van der Waals surface area contributed by atoms with Gasteiger partial charge in [-0.25, -0.2) is 0 Å². The topological polar surface area (TPSA) is 92.1 Å². The second kappa shape index (κ2) is 11.6. The summed E-state index contributed by atoms with van der Waals surface area (Å²) >= 11 is 3.78. The predicted molar refractivity (Wildman–Crippen MR) is 184 cm³/mol. The Labute approximate surface area is 269 Å². The fourth-order valence-corrected chi connectivity index (χ4v) is 7.49. The second-order valence-electron chi connectivity index (χ2n) is 13.4. The van der Waals surface area contributed by atoms with E-state index in [1.54, 1.807) is 21.3 Å². The summed E-state index contributed by atoms with van der Waals surface area (Å²) in [6, 6.07) is 5.80. The summed E-state index contributed by atoms with van der Waals surface area (Å²) in [5, 5.41) is 2.69. The minimum Gasteiger partial charge on any atom is -0.542 e. The number of aromatic nitrogens is 2. The highest BCUT2D eigenvalue weighted by Gasteiger charge is 2.42. The lowest BCUT2D eigenvalue weighted by atomic mass is 9.95. The van der Waals surface area contributed by atoms with E-state index in [9.17, 15) is 4.79 Å². The number of rotatable bonds is 9. The third-order valence-corrected chi connectivity index (χ3v) is 14.3. The molecule has 0 bridgehead atoms. The van der Waals surface area contributed by atoms with Crippen LogP contribution < -0.4 is 23.5 Å². The number of anilines is 1. The molecular formula is C33H45BrN4O5Si. The minimum atomic E-state index is -2.21. The van der Waals surface area contributed by atoms with Gasteiger partial charge in [-0.2, -0.15) is 0 Å². The van der Waals surface area contributed by atoms with Crippen molar-refractivity contribution < 1.29 is 23.4 Å². The van der Waals surface area contributed by atoms with Crippen LogP contribution in [0.1, 0.15) is 54.0 Å². The number of aromatic amines is 2. The van der Waals surface area contributed by atoms with Crippen molar-refractivity contribution >= 4 is 57.6 Å². The van der Waals surface area contributed by atoms with Crippen LogP contribution in [0, 0.1) is 6.92 Å². The summed E-state index contributed by atoms with van der Waals surface area (Å²) in [4.78, 5) is 25.5. The molecule has 1 amide bonds. The van der Waals surface area contributed by atoms with Crippen LogP contribution in [0.25, 0.3) is 21.8 Å². The summed E-state index contributed by atoms with van der Waals surface area (Å²) < 4.78 is 23.8. The summed E-state index contributed by atoms with van der Waals surface area (Å²) in [5.41, 5.74) is 6.56. The monoisotopic (exact) mass is 684 g/mol. The Hall–Kier alpha value is -3.15. The van der Waals surface area contributed by atoms with Gasteiger partial charge in [0.25, 0.3) is 14.2 Å². The SMILES string of the molecule is COc1cc2cc(C(=O)N3CC(CBr)c4c3cc(O[Si](C)(C)C(C)(C)C)c3[nH]c(C)c(CN(C)C)c43)[nH]c2c(OC)c1OC. The Morgan fingerprint density at radius 2 is 1.70 bits per heavy atom. The molecule has 2 aromatic carbocycles. The van der Waals surface area contributed by atoms with Crippen LogP contribution in [-0.4, -0.2) is 76.4 Å². The Morgan fingerprint density at radius 1 is 1.02 bits per heavy atom. The number of hydrogen-bond donors (Lipinski definition) is 2. The van der Waals surface area contributed by atoms with Crippen molar-refractivity contribution in [1.82, 2.24) is 14.9 Å². The largest absolute Gasteiger partial charge is 0.542 e. The van der Waals surface area contributed by atoms with Gasteiger partial charge >= 0.3 is 0 Å². The van der Waals surface area contributed by atoms with E-state index in [2.05, 4.69) is 91.7 Å². The highest BCUT2D eigenvalue weighted by molar-refractivity contribution is 9.09. The molecule has 1 unspecified atom stereocenters. The number of methoxy groups -OCH3 is 3. The molecule has 9 nitrogen and oxygen atoms in total. The molecule has 2 N–H and O–H groups in total. The minimum absolute atomic E-state index is 0.00582. The lowest BCUT2D eigenvalue weighted by molar-refractivity contribution is 0.0984. The fourth-order valence-electron chi connectivity index (χ4n) is 5.94. The maximum Gasteiger partial charge on any atom is 0.274 e. The van der Waals surface area contributed by atoms with E-state index >= 15 is 0 Å². The van der Waals surface area contributed by atoms with E-state index in [-0.39, 0.29) is 16.9 Å². The lowest BCUT2D eigenvalue weighted by Crippen LogP contribution is -2.44. The van der Waals surface area contributed by atoms with Crippen LogP contribution in [0.3, 0.4) is 0 Å². The molecule has 3 heterocycles. The first kappa shape index (κ1) is 32.2. The molecule has 238 valence electrons. The number of amides is 1. The van der Waals surface area contributed by atoms with Crippen LogP contribution in [-0.2, 0) is 6.54 Å². The number of carbonyl (C=O) groups excluding carboxylic acids is 1. The van der Waals surface area contributed by atoms with Gasteiger partial charge in [-0.1, -0.05) is 36.7 Å². The molecule has 1 aliphatic rings. The zero-order valence-corrected chi connectivity index (χ0v) is 30.3. The highest BCUT2D eigenvalue weighted by atomic mass is 79.9. The number of ether oxygens (including phenoxy) is 3. The lowest BCUT2D eigenvalue weighted by Gasteiger charge is -2.36. The van der Waals surface area contributed by atoms with E-state index in [0.717, 1.165) is 45.3 Å². The number of nitrogens with one attached hydrogen (secondary N) is 2. The smallest absolute Gasteiger partial charge is 0.274 e. The molecule has 44 heavy (non-hydrogen) atoms. The number of H-pyrrole nitrogens is 2. The number of hydrogen-bond acceptors (Lipinski definition) is 6. The molecule has 0 fully saturated rings. The molecule has 1 atom stereocenters. The van der Waals surface area contributed by atoms with E-state index in [4.69, 9.17) is 18.6 Å². The Balaban J connectivity index is 1.72. The van der Waals surface area contributed by atoms with Crippen molar-refractivity contribution in [1.29, 1.82) is 0 Å². The van der Waals surface area contributed by atoms with Gasteiger partial charge in [0, 0.05) is 46.9 Å². The number of fused-ring (bicyclic) bond motifs is 4. The van der Waals surface area contributed by atoms with E-state index in [1.807, 2.05) is 17.0 Å². The first-order valence-corrected chi connectivity index (χ1v) is 18.9. The van der Waals surface area contributed by atoms with E-state index in [0.29, 0.717) is 35.0 Å². The van der Waals surface area contributed by atoms with Crippen molar-refractivity contribution in [2.24, 2.45) is 0 Å². The van der Waals surface area contributed by atoms with Crippen LogP contribution in [0.15, 0.2) is 18.2 Å². The van der Waals surface area contributed by atoms with Crippen molar-refractivity contribution in [3.8, 4) is 23.0 Å². The maximum atomic E-state index is 14.4. The van der Waals surface area contributed by atoms with Gasteiger partial charge in [0.2, 0.25) is 5.75 Å². The molecule has 0 aliphatic carbocycles. The maximum absolute atomic E-state index is 14.4. The standard InChI is InChI=1S/C33H45BrN4O5Si/c1-18-21(17-37(5)6)27-26-20(15-34)16-38(23(26)14-24(29(27)35-18)43-44(10,11)33(2,3)4)32(39)22-12-19-13-25(40-7)30(41-8)31(42-9)28(19)36-22/h12-14,20,35-36H,15-17H2,1-11H3. The van der Waals surface area contributed by atoms with Gasteiger partial charge in [-0.3, -0.25) is 4.79 Å². The summed E-state index contributed by atoms with van der Waals surface area (Å²) in [5.74, 6) is 2.29. The molecule has 4 aromatic rings. The van der Waals surface area contributed by atoms with E-state index in [1.165, 1.54) is 11.1 Å². The van der Waals surface area contributed by atoms with Crippen molar-refractivity contribution in [3.63, 3.8) is 0 Å². The highest BCUT2D eigenvalue weighted by Crippen LogP contribution is 2.50.